The SMILES string of the molecule is Cc1nc2cc([C@@H]3CCCN3C(=O)[C@@H]3C[C@@H]3C)[nH]n2c(=O)c1CCC(=O)NC1CCCC1. The lowest BCUT2D eigenvalue weighted by Gasteiger charge is -2.24. The lowest BCUT2D eigenvalue weighted by molar-refractivity contribution is -0.133. The van der Waals surface area contributed by atoms with Gasteiger partial charge < -0.3 is 10.2 Å². The van der Waals surface area contributed by atoms with E-state index in [9.17, 15) is 14.4 Å². The van der Waals surface area contributed by atoms with E-state index in [1.54, 1.807) is 0 Å². The summed E-state index contributed by atoms with van der Waals surface area (Å²) >= 11 is 0. The number of H-pyrrole nitrogens is 1. The number of amides is 2. The van der Waals surface area contributed by atoms with Crippen LogP contribution in [0.25, 0.3) is 5.65 Å². The molecule has 5 rings (SSSR count). The summed E-state index contributed by atoms with van der Waals surface area (Å²) in [6.45, 7) is 4.72. The Morgan fingerprint density at radius 2 is 1.97 bits per heavy atom. The van der Waals surface area contributed by atoms with Crippen molar-refractivity contribution in [3.8, 4) is 0 Å². The number of nitrogens with zero attached hydrogens (tertiary/aromatic N) is 3. The zero-order valence-corrected chi connectivity index (χ0v) is 19.0. The van der Waals surface area contributed by atoms with Crippen LogP contribution in [0.3, 0.4) is 0 Å². The van der Waals surface area contributed by atoms with E-state index in [2.05, 4.69) is 22.3 Å². The standard InChI is InChI=1S/C24H33N5O3/c1-14-12-18(14)23(31)28-11-5-8-20(28)19-13-21-25-15(2)17(24(32)29(21)27-19)9-10-22(30)26-16-6-3-4-7-16/h13-14,16,18,20,27H,3-12H2,1-2H3,(H,26,30)/t14-,18+,20-/m0/s1. The number of carbonyl (C=O) groups is 2. The molecule has 3 aliphatic rings. The minimum absolute atomic E-state index is 0.00221. The van der Waals surface area contributed by atoms with Gasteiger partial charge in [0.2, 0.25) is 11.8 Å². The van der Waals surface area contributed by atoms with Gasteiger partial charge in [-0.2, -0.15) is 0 Å². The molecular formula is C24H33N5O3. The van der Waals surface area contributed by atoms with Crippen molar-refractivity contribution in [2.75, 3.05) is 6.54 Å². The number of carbonyl (C=O) groups excluding carboxylic acids is 2. The van der Waals surface area contributed by atoms with Gasteiger partial charge in [0.25, 0.3) is 5.56 Å². The van der Waals surface area contributed by atoms with Crippen LogP contribution in [0.2, 0.25) is 0 Å². The summed E-state index contributed by atoms with van der Waals surface area (Å²) in [6, 6.07) is 2.15. The second kappa shape index (κ2) is 8.37. The van der Waals surface area contributed by atoms with Crippen molar-refractivity contribution < 1.29 is 9.59 Å². The summed E-state index contributed by atoms with van der Waals surface area (Å²) in [4.78, 5) is 45.0. The molecule has 1 saturated heterocycles. The first kappa shape index (κ1) is 21.2. The Morgan fingerprint density at radius 3 is 2.69 bits per heavy atom. The van der Waals surface area contributed by atoms with Crippen molar-refractivity contribution in [1.29, 1.82) is 0 Å². The Bertz CT molecular complexity index is 1100. The molecule has 2 aromatic heterocycles. The third kappa shape index (κ3) is 3.95. The Hall–Kier alpha value is -2.64. The predicted molar refractivity (Wildman–Crippen MR) is 120 cm³/mol. The van der Waals surface area contributed by atoms with Crippen LogP contribution in [0, 0.1) is 18.8 Å². The lowest BCUT2D eigenvalue weighted by Crippen LogP contribution is -2.33. The minimum Gasteiger partial charge on any atom is -0.353 e. The molecule has 0 spiro atoms. The van der Waals surface area contributed by atoms with Gasteiger partial charge in [-0.3, -0.25) is 19.5 Å². The van der Waals surface area contributed by atoms with E-state index in [0.29, 0.717) is 35.7 Å². The molecule has 0 radical (unpaired) electrons. The van der Waals surface area contributed by atoms with Gasteiger partial charge in [-0.25, -0.2) is 9.50 Å². The fraction of sp³-hybridized carbons (Fsp3) is 0.667. The summed E-state index contributed by atoms with van der Waals surface area (Å²) in [7, 11) is 0. The van der Waals surface area contributed by atoms with Crippen molar-refractivity contribution in [1.82, 2.24) is 24.8 Å². The number of hydrogen-bond acceptors (Lipinski definition) is 4. The van der Waals surface area contributed by atoms with Crippen LogP contribution >= 0.6 is 0 Å². The summed E-state index contributed by atoms with van der Waals surface area (Å²) < 4.78 is 1.48. The number of nitrogens with one attached hydrogen (secondary N) is 2. The molecule has 0 aromatic carbocycles. The molecule has 2 N–H and O–H groups in total. The Labute approximate surface area is 187 Å². The summed E-state index contributed by atoms with van der Waals surface area (Å²) in [5, 5.41) is 6.31. The molecule has 2 aliphatic carbocycles. The van der Waals surface area contributed by atoms with Gasteiger partial charge in [-0.1, -0.05) is 19.8 Å². The molecule has 8 nitrogen and oxygen atoms in total. The van der Waals surface area contributed by atoms with E-state index in [0.717, 1.165) is 44.3 Å². The molecule has 2 aromatic rings. The highest BCUT2D eigenvalue weighted by molar-refractivity contribution is 5.82. The molecule has 3 fully saturated rings. The van der Waals surface area contributed by atoms with Crippen molar-refractivity contribution in [2.45, 2.75) is 83.7 Å². The van der Waals surface area contributed by atoms with Gasteiger partial charge in [0.15, 0.2) is 5.65 Å². The van der Waals surface area contributed by atoms with Crippen LogP contribution in [0.4, 0.5) is 0 Å². The van der Waals surface area contributed by atoms with Gasteiger partial charge in [-0.05, 0) is 51.4 Å². The van der Waals surface area contributed by atoms with E-state index >= 15 is 0 Å². The number of aryl methyl sites for hydroxylation is 1. The monoisotopic (exact) mass is 439 g/mol. The zero-order chi connectivity index (χ0) is 22.4. The van der Waals surface area contributed by atoms with Gasteiger partial charge in [0.05, 0.1) is 11.7 Å². The van der Waals surface area contributed by atoms with E-state index < -0.39 is 0 Å². The molecule has 172 valence electrons. The number of aromatic amines is 1. The van der Waals surface area contributed by atoms with E-state index in [1.807, 2.05) is 17.9 Å². The molecule has 0 bridgehead atoms. The molecule has 2 amide bonds. The number of fused-ring (bicyclic) bond motifs is 1. The molecule has 0 unspecified atom stereocenters. The fourth-order valence-corrected chi connectivity index (χ4v) is 5.49. The third-order valence-corrected chi connectivity index (χ3v) is 7.58. The van der Waals surface area contributed by atoms with Gasteiger partial charge in [0, 0.05) is 42.2 Å². The molecule has 3 atom stereocenters. The number of rotatable bonds is 6. The number of hydrogen-bond donors (Lipinski definition) is 2. The van der Waals surface area contributed by atoms with Crippen molar-refractivity contribution in [3.63, 3.8) is 0 Å². The average Bonchev–Trinajstić information content (AvgIpc) is 3.22. The quantitative estimate of drug-likeness (QED) is 0.723. The van der Waals surface area contributed by atoms with E-state index in [1.165, 1.54) is 17.4 Å². The first-order chi connectivity index (χ1) is 15.4. The van der Waals surface area contributed by atoms with E-state index in [4.69, 9.17) is 0 Å². The number of likely N-dealkylation sites (tertiary alicyclic amines) is 1. The second-order valence-corrected chi connectivity index (χ2v) is 9.94. The number of aromatic nitrogens is 3. The van der Waals surface area contributed by atoms with Crippen LogP contribution in [0.5, 0.6) is 0 Å². The average molecular weight is 440 g/mol. The molecular weight excluding hydrogens is 406 g/mol. The van der Waals surface area contributed by atoms with Gasteiger partial charge in [0.1, 0.15) is 0 Å². The highest BCUT2D eigenvalue weighted by Crippen LogP contribution is 2.42. The summed E-state index contributed by atoms with van der Waals surface area (Å²) in [5.74, 6) is 0.878. The fourth-order valence-electron chi connectivity index (χ4n) is 5.49. The smallest absolute Gasteiger partial charge is 0.276 e. The van der Waals surface area contributed by atoms with E-state index in [-0.39, 0.29) is 35.4 Å². The van der Waals surface area contributed by atoms with Crippen LogP contribution < -0.4 is 10.9 Å². The summed E-state index contributed by atoms with van der Waals surface area (Å²) in [5.41, 5.74) is 2.52. The lowest BCUT2D eigenvalue weighted by atomic mass is 10.1. The molecule has 1 aliphatic heterocycles. The highest BCUT2D eigenvalue weighted by Gasteiger charge is 2.44. The molecule has 32 heavy (non-hydrogen) atoms. The second-order valence-electron chi connectivity index (χ2n) is 9.94. The third-order valence-electron chi connectivity index (χ3n) is 7.58. The van der Waals surface area contributed by atoms with Crippen LogP contribution in [0.15, 0.2) is 10.9 Å². The topological polar surface area (TPSA) is 99.6 Å². The van der Waals surface area contributed by atoms with Gasteiger partial charge in [-0.15, -0.1) is 0 Å². The summed E-state index contributed by atoms with van der Waals surface area (Å²) in [6.07, 6.45) is 7.94. The van der Waals surface area contributed by atoms with Gasteiger partial charge >= 0.3 is 0 Å². The van der Waals surface area contributed by atoms with Crippen LogP contribution in [-0.2, 0) is 16.0 Å². The predicted octanol–water partition coefficient (Wildman–Crippen LogP) is 2.64. The van der Waals surface area contributed by atoms with Crippen LogP contribution in [0.1, 0.15) is 81.3 Å². The first-order valence-electron chi connectivity index (χ1n) is 12.1. The maximum absolute atomic E-state index is 13.2. The highest BCUT2D eigenvalue weighted by atomic mass is 16.2. The Balaban J connectivity index is 1.34. The first-order valence-corrected chi connectivity index (χ1v) is 12.1. The van der Waals surface area contributed by atoms with Crippen molar-refractivity contribution in [3.05, 3.63) is 33.4 Å². The zero-order valence-electron chi connectivity index (χ0n) is 19.0. The maximum Gasteiger partial charge on any atom is 0.276 e. The maximum atomic E-state index is 13.2. The van der Waals surface area contributed by atoms with Crippen molar-refractivity contribution >= 4 is 17.5 Å². The van der Waals surface area contributed by atoms with Crippen LogP contribution in [-0.4, -0.2) is 43.9 Å². The molecule has 3 heterocycles. The van der Waals surface area contributed by atoms with Crippen molar-refractivity contribution in [2.24, 2.45) is 11.8 Å². The molecule has 8 heteroatoms. The minimum atomic E-state index is -0.154. The Morgan fingerprint density at radius 1 is 1.22 bits per heavy atom. The molecule has 2 saturated carbocycles. The Kier molecular flexibility index (Phi) is 5.55. The normalized spacial score (nSPS) is 25.6. The largest absolute Gasteiger partial charge is 0.353 e.